The number of hydrogen-bond acceptors (Lipinski definition) is 4. The molecule has 0 spiro atoms. The monoisotopic (exact) mass is 242 g/mol. The molecule has 4 heteroatoms. The van der Waals surface area contributed by atoms with Crippen molar-refractivity contribution in [3.05, 3.63) is 0 Å². The van der Waals surface area contributed by atoms with E-state index in [1.165, 1.54) is 45.3 Å². The normalized spacial score (nSPS) is 27.7. The summed E-state index contributed by atoms with van der Waals surface area (Å²) >= 11 is 0. The number of nitrogens with zero attached hydrogens (tertiary/aromatic N) is 1. The zero-order valence-corrected chi connectivity index (χ0v) is 10.7. The number of aliphatic hydroxyl groups is 1. The van der Waals surface area contributed by atoms with Gasteiger partial charge in [-0.2, -0.15) is 0 Å². The molecule has 2 rings (SSSR count). The highest BCUT2D eigenvalue weighted by molar-refractivity contribution is 4.87. The second-order valence-electron chi connectivity index (χ2n) is 5.17. The van der Waals surface area contributed by atoms with Crippen LogP contribution in [0.1, 0.15) is 25.7 Å². The zero-order valence-electron chi connectivity index (χ0n) is 10.7. The van der Waals surface area contributed by atoms with Crippen LogP contribution < -0.4 is 5.32 Å². The fraction of sp³-hybridized carbons (Fsp3) is 1.00. The number of nitrogens with one attached hydrogen (secondary N) is 1. The van der Waals surface area contributed by atoms with Gasteiger partial charge in [0.2, 0.25) is 0 Å². The average Bonchev–Trinajstić information content (AvgIpc) is 2.84. The molecule has 0 saturated carbocycles. The van der Waals surface area contributed by atoms with Gasteiger partial charge in [-0.05, 0) is 51.2 Å². The van der Waals surface area contributed by atoms with Crippen LogP contribution >= 0.6 is 0 Å². The van der Waals surface area contributed by atoms with E-state index in [4.69, 9.17) is 9.84 Å². The van der Waals surface area contributed by atoms with Crippen LogP contribution in [0, 0.1) is 5.92 Å². The van der Waals surface area contributed by atoms with Gasteiger partial charge in [-0.25, -0.2) is 0 Å². The second kappa shape index (κ2) is 7.31. The van der Waals surface area contributed by atoms with Crippen LogP contribution in [0.5, 0.6) is 0 Å². The van der Waals surface area contributed by atoms with Crippen molar-refractivity contribution < 1.29 is 9.84 Å². The Kier molecular flexibility index (Phi) is 5.71. The molecule has 2 saturated heterocycles. The van der Waals surface area contributed by atoms with Crippen molar-refractivity contribution in [3.63, 3.8) is 0 Å². The first-order chi connectivity index (χ1) is 8.42. The molecule has 0 aromatic carbocycles. The Morgan fingerprint density at radius 3 is 2.76 bits per heavy atom. The first-order valence-corrected chi connectivity index (χ1v) is 7.05. The van der Waals surface area contributed by atoms with E-state index in [9.17, 15) is 0 Å². The Morgan fingerprint density at radius 1 is 1.18 bits per heavy atom. The lowest BCUT2D eigenvalue weighted by Gasteiger charge is -2.34. The van der Waals surface area contributed by atoms with E-state index in [1.807, 2.05) is 0 Å². The third-order valence-electron chi connectivity index (χ3n) is 4.10. The Morgan fingerprint density at radius 2 is 2.00 bits per heavy atom. The van der Waals surface area contributed by atoms with Gasteiger partial charge in [0.1, 0.15) is 0 Å². The number of ether oxygens (including phenoxy) is 1. The van der Waals surface area contributed by atoms with Gasteiger partial charge in [-0.3, -0.25) is 4.90 Å². The molecule has 2 aliphatic rings. The number of aliphatic hydroxyl groups excluding tert-OH is 1. The minimum atomic E-state index is 0.137. The van der Waals surface area contributed by atoms with E-state index in [-0.39, 0.29) is 6.61 Å². The van der Waals surface area contributed by atoms with Crippen LogP contribution in [0.15, 0.2) is 0 Å². The molecule has 2 fully saturated rings. The van der Waals surface area contributed by atoms with Gasteiger partial charge in [0.25, 0.3) is 0 Å². The molecule has 2 aliphatic heterocycles. The molecule has 17 heavy (non-hydrogen) atoms. The van der Waals surface area contributed by atoms with E-state index in [0.29, 0.717) is 6.61 Å². The lowest BCUT2D eigenvalue weighted by atomic mass is 9.89. The van der Waals surface area contributed by atoms with Gasteiger partial charge >= 0.3 is 0 Å². The summed E-state index contributed by atoms with van der Waals surface area (Å²) in [4.78, 5) is 2.60. The Bertz CT molecular complexity index is 208. The summed E-state index contributed by atoms with van der Waals surface area (Å²) in [6.07, 6.45) is 5.37. The number of piperidine rings is 1. The van der Waals surface area contributed by atoms with Crippen LogP contribution in [0.2, 0.25) is 0 Å². The summed E-state index contributed by atoms with van der Waals surface area (Å²) in [5.41, 5.74) is 0. The SMILES string of the molecule is OCCOCCN1CCCC1C1CCNCC1. The fourth-order valence-corrected chi connectivity index (χ4v) is 3.24. The molecule has 2 heterocycles. The largest absolute Gasteiger partial charge is 0.394 e. The summed E-state index contributed by atoms with van der Waals surface area (Å²) < 4.78 is 5.38. The second-order valence-corrected chi connectivity index (χ2v) is 5.17. The Balaban J connectivity index is 1.72. The summed E-state index contributed by atoms with van der Waals surface area (Å²) in [5.74, 6) is 0.886. The van der Waals surface area contributed by atoms with Crippen molar-refractivity contribution in [3.8, 4) is 0 Å². The predicted octanol–water partition coefficient (Wildman–Crippen LogP) is 0.459. The van der Waals surface area contributed by atoms with Gasteiger partial charge < -0.3 is 15.2 Å². The molecule has 4 nitrogen and oxygen atoms in total. The lowest BCUT2D eigenvalue weighted by Crippen LogP contribution is -2.42. The molecule has 0 aliphatic carbocycles. The third kappa shape index (κ3) is 3.91. The molecular formula is C13H26N2O2. The van der Waals surface area contributed by atoms with Crippen molar-refractivity contribution >= 4 is 0 Å². The third-order valence-corrected chi connectivity index (χ3v) is 4.10. The zero-order chi connectivity index (χ0) is 11.9. The minimum absolute atomic E-state index is 0.137. The van der Waals surface area contributed by atoms with E-state index < -0.39 is 0 Å². The maximum atomic E-state index is 8.67. The van der Waals surface area contributed by atoms with Gasteiger partial charge in [0.15, 0.2) is 0 Å². The van der Waals surface area contributed by atoms with Crippen LogP contribution in [0.25, 0.3) is 0 Å². The molecule has 0 bridgehead atoms. The van der Waals surface area contributed by atoms with E-state index in [1.54, 1.807) is 0 Å². The molecule has 1 unspecified atom stereocenters. The highest BCUT2D eigenvalue weighted by atomic mass is 16.5. The van der Waals surface area contributed by atoms with Crippen LogP contribution in [-0.4, -0.2) is 62.0 Å². The molecule has 100 valence electrons. The maximum Gasteiger partial charge on any atom is 0.0698 e. The molecule has 1 atom stereocenters. The quantitative estimate of drug-likeness (QED) is 0.664. The highest BCUT2D eigenvalue weighted by Crippen LogP contribution is 2.29. The van der Waals surface area contributed by atoms with Gasteiger partial charge in [0.05, 0.1) is 19.8 Å². The first-order valence-electron chi connectivity index (χ1n) is 7.05. The van der Waals surface area contributed by atoms with Gasteiger partial charge in [-0.15, -0.1) is 0 Å². The molecular weight excluding hydrogens is 216 g/mol. The number of rotatable bonds is 6. The molecule has 0 radical (unpaired) electrons. The maximum absolute atomic E-state index is 8.67. The van der Waals surface area contributed by atoms with Crippen LogP contribution in [-0.2, 0) is 4.74 Å². The van der Waals surface area contributed by atoms with Gasteiger partial charge in [0, 0.05) is 12.6 Å². The smallest absolute Gasteiger partial charge is 0.0698 e. The lowest BCUT2D eigenvalue weighted by molar-refractivity contribution is 0.0615. The minimum Gasteiger partial charge on any atom is -0.394 e. The molecule has 0 amide bonds. The number of likely N-dealkylation sites (tertiary alicyclic amines) is 1. The van der Waals surface area contributed by atoms with Crippen molar-refractivity contribution in [1.82, 2.24) is 10.2 Å². The summed E-state index contributed by atoms with van der Waals surface area (Å²) in [6, 6.07) is 0.787. The first kappa shape index (κ1) is 13.3. The van der Waals surface area contributed by atoms with Gasteiger partial charge in [-0.1, -0.05) is 0 Å². The standard InChI is InChI=1S/C13H26N2O2/c16-9-11-17-10-8-15-7-1-2-13(15)12-3-5-14-6-4-12/h12-14,16H,1-11H2. The van der Waals surface area contributed by atoms with E-state index >= 15 is 0 Å². The predicted molar refractivity (Wildman–Crippen MR) is 68.1 cm³/mol. The molecule has 0 aromatic heterocycles. The average molecular weight is 242 g/mol. The molecule has 0 aromatic rings. The van der Waals surface area contributed by atoms with E-state index in [2.05, 4.69) is 10.2 Å². The summed E-state index contributed by atoms with van der Waals surface area (Å²) in [6.45, 7) is 6.03. The summed E-state index contributed by atoms with van der Waals surface area (Å²) in [7, 11) is 0. The Labute approximate surface area is 104 Å². The van der Waals surface area contributed by atoms with Crippen molar-refractivity contribution in [1.29, 1.82) is 0 Å². The van der Waals surface area contributed by atoms with Crippen molar-refractivity contribution in [2.45, 2.75) is 31.7 Å². The summed E-state index contributed by atoms with van der Waals surface area (Å²) in [5, 5.41) is 12.1. The highest BCUT2D eigenvalue weighted by Gasteiger charge is 2.31. The number of hydrogen-bond donors (Lipinski definition) is 2. The van der Waals surface area contributed by atoms with Crippen LogP contribution in [0.4, 0.5) is 0 Å². The fourth-order valence-electron chi connectivity index (χ4n) is 3.24. The van der Waals surface area contributed by atoms with Crippen molar-refractivity contribution in [2.75, 3.05) is 46.0 Å². The van der Waals surface area contributed by atoms with Crippen molar-refractivity contribution in [2.24, 2.45) is 5.92 Å². The van der Waals surface area contributed by atoms with E-state index in [0.717, 1.165) is 25.1 Å². The molecule has 2 N–H and O–H groups in total. The Hall–Kier alpha value is -0.160. The topological polar surface area (TPSA) is 44.7 Å². The van der Waals surface area contributed by atoms with Crippen LogP contribution in [0.3, 0.4) is 0 Å².